The second-order valence-corrected chi connectivity index (χ2v) is 9.29. The zero-order valence-corrected chi connectivity index (χ0v) is 30.7. The van der Waals surface area contributed by atoms with Crippen LogP contribution in [-0.2, 0) is 28.2 Å². The summed E-state index contributed by atoms with van der Waals surface area (Å²) in [6.07, 6.45) is 16.1. The fourth-order valence-corrected chi connectivity index (χ4v) is 3.36. The van der Waals surface area contributed by atoms with Gasteiger partial charge in [-0.15, -0.1) is 6.42 Å². The fraction of sp³-hybridized carbons (Fsp3) is 0.533. The van der Waals surface area contributed by atoms with E-state index in [1.54, 1.807) is 0 Å². The van der Waals surface area contributed by atoms with Crippen molar-refractivity contribution in [1.29, 1.82) is 0 Å². The first kappa shape index (κ1) is 47.7. The third-order valence-corrected chi connectivity index (χ3v) is 5.30. The fourth-order valence-electron chi connectivity index (χ4n) is 3.01. The molecule has 1 atom stereocenters. The third kappa shape index (κ3) is 36.8. The van der Waals surface area contributed by atoms with Crippen LogP contribution in [0.5, 0.6) is 0 Å². The largest absolute Gasteiger partial charge is 1.00 e. The van der Waals surface area contributed by atoms with E-state index in [4.69, 9.17) is 15.9 Å². The molecule has 0 aliphatic rings. The van der Waals surface area contributed by atoms with Crippen LogP contribution in [0.3, 0.4) is 0 Å². The number of terminal acetylenes is 1. The second-order valence-electron chi connectivity index (χ2n) is 8.13. The van der Waals surface area contributed by atoms with Crippen LogP contribution in [0.1, 0.15) is 99.7 Å². The van der Waals surface area contributed by atoms with Gasteiger partial charge >= 0.3 is 71.1 Å². The molecule has 0 aromatic carbocycles. The van der Waals surface area contributed by atoms with Crippen LogP contribution in [-0.4, -0.2) is 31.3 Å². The maximum atomic E-state index is 12.1. The average molecular weight is 655 g/mol. The third-order valence-electron chi connectivity index (χ3n) is 4.84. The Bertz CT molecular complexity index is 1210. The smallest absolute Gasteiger partial charge is 0.790 e. The van der Waals surface area contributed by atoms with Gasteiger partial charge in [0.25, 0.3) is 0 Å². The van der Waals surface area contributed by atoms with Crippen molar-refractivity contribution >= 4 is 33.3 Å². The number of unbranched alkanes of at least 4 members (excludes halogenated alkanes) is 10. The number of phosphoric acid groups is 1. The van der Waals surface area contributed by atoms with Crippen molar-refractivity contribution < 1.29 is 113 Å². The van der Waals surface area contributed by atoms with Crippen molar-refractivity contribution in [2.45, 2.75) is 90.1 Å². The zero-order valence-electron chi connectivity index (χ0n) is 24.8. The van der Waals surface area contributed by atoms with Crippen molar-refractivity contribution in [1.82, 2.24) is 0 Å². The van der Waals surface area contributed by atoms with E-state index in [0.717, 1.165) is 19.3 Å². The number of rotatable bonds is 18. The van der Waals surface area contributed by atoms with Crippen molar-refractivity contribution in [2.24, 2.45) is 0 Å². The number of carbonyl (C=O) groups excluding carboxylic acids is 2. The Hall–Kier alpha value is -1.24. The first-order chi connectivity index (χ1) is 18.8. The van der Waals surface area contributed by atoms with E-state index in [1.807, 2.05) is 0 Å². The van der Waals surface area contributed by atoms with Crippen LogP contribution in [0, 0.1) is 71.5 Å². The van der Waals surface area contributed by atoms with Crippen LogP contribution in [0.25, 0.3) is 0 Å². The topological polar surface area (TPSA) is 125 Å². The number of carbonyl (C=O) groups is 2. The van der Waals surface area contributed by atoms with E-state index in [1.165, 1.54) is 44.9 Å². The molecular weight excluding hydrogens is 597 g/mol. The number of esters is 2. The van der Waals surface area contributed by atoms with E-state index >= 15 is 0 Å². The minimum absolute atomic E-state index is 0. The Morgan fingerprint density at radius 1 is 0.762 bits per heavy atom. The molecular formula is C30H57Na2O8PS. The minimum atomic E-state index is -5.31. The molecule has 8 nitrogen and oxygen atoms in total. The summed E-state index contributed by atoms with van der Waals surface area (Å²) in [4.78, 5) is 45.4. The summed E-state index contributed by atoms with van der Waals surface area (Å²) in [5, 5.41) is 0. The predicted octanol–water partition coefficient (Wildman–Crippen LogP) is -0.535. The molecule has 0 aliphatic heterocycles. The van der Waals surface area contributed by atoms with Gasteiger partial charge in [0.05, 0.1) is 14.4 Å². The number of ether oxygens (including phenoxy) is 2. The summed E-state index contributed by atoms with van der Waals surface area (Å²) in [5.74, 6) is 23.5. The Morgan fingerprint density at radius 2 is 1.21 bits per heavy atom. The Labute approximate surface area is 318 Å². The average Bonchev–Trinajstić information content (AvgIpc) is 2.89. The summed E-state index contributed by atoms with van der Waals surface area (Å²) >= 11 is 0. The molecule has 0 rings (SSSR count). The van der Waals surface area contributed by atoms with Crippen molar-refractivity contribution in [2.75, 3.05) is 13.2 Å². The molecule has 0 amide bonds. The number of hydrogen-bond acceptors (Lipinski definition) is 8. The van der Waals surface area contributed by atoms with E-state index in [2.05, 4.69) is 76.6 Å². The van der Waals surface area contributed by atoms with Crippen LogP contribution < -0.4 is 68.9 Å². The van der Waals surface area contributed by atoms with E-state index in [-0.39, 0.29) is 94.7 Å². The summed E-state index contributed by atoms with van der Waals surface area (Å²) in [6.45, 7) is 0.861. The summed E-state index contributed by atoms with van der Waals surface area (Å²) in [6, 6.07) is 0. The van der Waals surface area contributed by atoms with Gasteiger partial charge in [-0.05, 0) is 65.6 Å². The molecule has 0 N–H and O–H groups in total. The SMILES string of the molecule is C#CC#CC#CC#CC#CC#CC(=O)OC[C@H](COP(=O)([O-])[O-])OC(=O)CCCCCCCCCCCCC.S.[HH].[HH].[HH].[HH].[HH].[HH].[HH].[HH].[HH].[HH].[HH].[Na+].[Na+]. The first-order valence-electron chi connectivity index (χ1n) is 12.8. The van der Waals surface area contributed by atoms with E-state index < -0.39 is 39.1 Å². The molecule has 0 saturated heterocycles. The molecule has 238 valence electrons. The summed E-state index contributed by atoms with van der Waals surface area (Å²) < 4.78 is 24.9. The van der Waals surface area contributed by atoms with Gasteiger partial charge in [0, 0.05) is 28.0 Å². The van der Waals surface area contributed by atoms with Crippen LogP contribution >= 0.6 is 21.3 Å². The van der Waals surface area contributed by atoms with Gasteiger partial charge in [0.1, 0.15) is 6.61 Å². The standard InChI is InChI=1S/C30H35O8P.2Na.H2S.11H2/c1-3-5-7-9-11-13-15-17-19-21-23-25-30(32)38-28(27-37-39(33,34)35)26-36-29(31)24-22-20-18-16-14-12-10-8-6-4-2;;;;;;;;;;;;;;/h2,28H,3,5,7,9,11,13,15,17,19,21,23,25-27H2,1H3,(H2,33,34,35);;;1H2;11*1H/q;2*+1;;;;;;;;;;;;/p-2/t28-;;;;;;;;;;;;;;/m1............../s1. The molecule has 42 heavy (non-hydrogen) atoms. The number of phosphoric ester groups is 1. The van der Waals surface area contributed by atoms with Crippen molar-refractivity contribution in [3.8, 4) is 71.5 Å². The molecule has 0 radical (unpaired) electrons. The van der Waals surface area contributed by atoms with Crippen LogP contribution in [0.4, 0.5) is 0 Å². The van der Waals surface area contributed by atoms with Crippen LogP contribution in [0.2, 0.25) is 0 Å². The molecule has 12 heteroatoms. The molecule has 0 aromatic heterocycles. The van der Waals surface area contributed by atoms with Crippen molar-refractivity contribution in [3.05, 3.63) is 0 Å². The Kier molecular flexibility index (Phi) is 38.9. The quantitative estimate of drug-likeness (QED) is 0.0483. The monoisotopic (exact) mass is 654 g/mol. The minimum Gasteiger partial charge on any atom is -0.790 e. The van der Waals surface area contributed by atoms with Gasteiger partial charge in [-0.3, -0.25) is 4.79 Å². The number of hydrogen-bond donors (Lipinski definition) is 0. The van der Waals surface area contributed by atoms with E-state index in [0.29, 0.717) is 6.42 Å². The van der Waals surface area contributed by atoms with Gasteiger partial charge in [-0.1, -0.05) is 71.1 Å². The molecule has 0 saturated carbocycles. The molecule has 0 unspecified atom stereocenters. The normalized spacial score (nSPS) is 9.38. The summed E-state index contributed by atoms with van der Waals surface area (Å²) in [5.41, 5.74) is 0. The Balaban J connectivity index is -0.0000000793. The van der Waals surface area contributed by atoms with Gasteiger partial charge < -0.3 is 28.3 Å². The second kappa shape index (κ2) is 34.3. The maximum Gasteiger partial charge on any atom is 1.00 e. The van der Waals surface area contributed by atoms with Gasteiger partial charge in [-0.2, -0.15) is 13.5 Å². The van der Waals surface area contributed by atoms with Gasteiger partial charge in [0.15, 0.2) is 6.10 Å². The molecule has 0 heterocycles. The zero-order chi connectivity index (χ0) is 29.0. The summed E-state index contributed by atoms with van der Waals surface area (Å²) in [7, 11) is -5.31. The van der Waals surface area contributed by atoms with Gasteiger partial charge in [-0.25, -0.2) is 4.79 Å². The van der Waals surface area contributed by atoms with Crippen molar-refractivity contribution in [3.63, 3.8) is 0 Å². The maximum absolute atomic E-state index is 12.1. The predicted molar refractivity (Wildman–Crippen MR) is 177 cm³/mol. The molecule has 0 fully saturated rings. The molecule has 0 aromatic rings. The molecule has 0 bridgehead atoms. The molecule has 0 aliphatic carbocycles. The molecule has 0 spiro atoms. The van der Waals surface area contributed by atoms with Crippen LogP contribution in [0.15, 0.2) is 0 Å². The Morgan fingerprint density at radius 3 is 1.69 bits per heavy atom. The first-order valence-corrected chi connectivity index (χ1v) is 14.2. The van der Waals surface area contributed by atoms with Gasteiger partial charge in [0.2, 0.25) is 0 Å². The van der Waals surface area contributed by atoms with E-state index in [9.17, 15) is 23.9 Å².